The topological polar surface area (TPSA) is 72.2 Å². The van der Waals surface area contributed by atoms with Gasteiger partial charge in [-0.2, -0.15) is 20.2 Å². The lowest BCUT2D eigenvalue weighted by atomic mass is 10.1. The van der Waals surface area contributed by atoms with Crippen LogP contribution in [-0.4, -0.2) is 48.7 Å². The maximum Gasteiger partial charge on any atom is 0.234 e. The normalized spacial score (nSPS) is 10.5. The molecule has 0 aliphatic rings. The van der Waals surface area contributed by atoms with Crippen LogP contribution in [0.15, 0.2) is 18.2 Å². The fraction of sp³-hybridized carbons (Fsp3) is 0.524. The third-order valence-electron chi connectivity index (χ3n) is 4.59. The molecule has 0 amide bonds. The molecule has 7 nitrogen and oxygen atoms in total. The number of hydrogen-bond acceptors (Lipinski definition) is 7. The van der Waals surface area contributed by atoms with E-state index in [1.165, 1.54) is 0 Å². The summed E-state index contributed by atoms with van der Waals surface area (Å²) in [6.45, 7) is 9.95. The molecule has 0 radical (unpaired) electrons. The van der Waals surface area contributed by atoms with Crippen molar-refractivity contribution in [2.75, 3.05) is 48.4 Å². The number of unbranched alkanes of at least 4 members (excludes halogenated alkanes) is 1. The zero-order chi connectivity index (χ0) is 20.7. The van der Waals surface area contributed by atoms with Gasteiger partial charge in [-0.1, -0.05) is 13.3 Å². The maximum atomic E-state index is 9.20. The molecule has 1 aromatic heterocycles. The average Bonchev–Trinajstić information content (AvgIpc) is 2.66. The van der Waals surface area contributed by atoms with Gasteiger partial charge in [0.25, 0.3) is 0 Å². The van der Waals surface area contributed by atoms with Crippen LogP contribution in [0.1, 0.15) is 38.1 Å². The van der Waals surface area contributed by atoms with Crippen molar-refractivity contribution < 1.29 is 0 Å². The number of hydrogen-bond donors (Lipinski definition) is 0. The van der Waals surface area contributed by atoms with Gasteiger partial charge in [0, 0.05) is 38.6 Å². The number of anilines is 4. The lowest BCUT2D eigenvalue weighted by Crippen LogP contribution is -2.29. The van der Waals surface area contributed by atoms with Crippen molar-refractivity contribution in [3.8, 4) is 6.07 Å². The molecule has 0 atom stereocenters. The van der Waals surface area contributed by atoms with E-state index in [1.807, 2.05) is 25.9 Å². The number of nitrogens with zero attached hydrogens (tertiary/aromatic N) is 7. The van der Waals surface area contributed by atoms with Gasteiger partial charge in [0.2, 0.25) is 11.9 Å². The van der Waals surface area contributed by atoms with Gasteiger partial charge in [-0.25, -0.2) is 0 Å². The van der Waals surface area contributed by atoms with Crippen LogP contribution >= 0.6 is 0 Å². The van der Waals surface area contributed by atoms with Crippen LogP contribution in [0.3, 0.4) is 0 Å². The second-order valence-corrected chi connectivity index (χ2v) is 7.03. The minimum Gasteiger partial charge on any atom is -0.378 e. The molecule has 0 saturated heterocycles. The van der Waals surface area contributed by atoms with Crippen molar-refractivity contribution in [3.05, 3.63) is 29.6 Å². The third-order valence-corrected chi connectivity index (χ3v) is 4.59. The fourth-order valence-electron chi connectivity index (χ4n) is 3.04. The molecule has 150 valence electrons. The minimum atomic E-state index is 0.269. The Labute approximate surface area is 168 Å². The van der Waals surface area contributed by atoms with Crippen LogP contribution in [-0.2, 0) is 0 Å². The van der Waals surface area contributed by atoms with Gasteiger partial charge >= 0.3 is 0 Å². The van der Waals surface area contributed by atoms with E-state index in [1.54, 1.807) is 0 Å². The van der Waals surface area contributed by atoms with Crippen LogP contribution in [0.4, 0.5) is 23.3 Å². The molecule has 0 saturated carbocycles. The number of rotatable bonds is 9. The zero-order valence-electron chi connectivity index (χ0n) is 17.9. The molecule has 2 rings (SSSR count). The summed E-state index contributed by atoms with van der Waals surface area (Å²) in [7, 11) is 4.07. The predicted molar refractivity (Wildman–Crippen MR) is 115 cm³/mol. The van der Waals surface area contributed by atoms with E-state index in [2.05, 4.69) is 64.8 Å². The average molecular weight is 382 g/mol. The van der Waals surface area contributed by atoms with Gasteiger partial charge in [0.05, 0.1) is 6.07 Å². The molecule has 1 aromatic carbocycles. The van der Waals surface area contributed by atoms with Crippen molar-refractivity contribution in [1.82, 2.24) is 15.0 Å². The van der Waals surface area contributed by atoms with Crippen molar-refractivity contribution >= 4 is 23.3 Å². The van der Waals surface area contributed by atoms with Gasteiger partial charge in [-0.3, -0.25) is 0 Å². The highest BCUT2D eigenvalue weighted by Crippen LogP contribution is 2.29. The summed E-state index contributed by atoms with van der Waals surface area (Å²) in [5.41, 5.74) is 3.39. The summed E-state index contributed by atoms with van der Waals surface area (Å²) in [6.07, 6.45) is 2.04. The monoisotopic (exact) mass is 381 g/mol. The first kappa shape index (κ1) is 21.4. The summed E-state index contributed by atoms with van der Waals surface area (Å²) in [5, 5.41) is 9.20. The van der Waals surface area contributed by atoms with E-state index in [9.17, 15) is 5.26 Å². The predicted octanol–water partition coefficient (Wildman–Crippen LogP) is 3.84. The van der Waals surface area contributed by atoms with Gasteiger partial charge in [-0.05, 0) is 51.0 Å². The Kier molecular flexibility index (Phi) is 7.56. The van der Waals surface area contributed by atoms with E-state index in [-0.39, 0.29) is 6.54 Å². The molecular formula is C21H31N7. The number of aryl methyl sites for hydroxylation is 2. The van der Waals surface area contributed by atoms with E-state index < -0.39 is 0 Å². The smallest absolute Gasteiger partial charge is 0.234 e. The number of benzene rings is 1. The molecule has 0 N–H and O–H groups in total. The van der Waals surface area contributed by atoms with Crippen LogP contribution in [0.5, 0.6) is 0 Å². The van der Waals surface area contributed by atoms with Crippen LogP contribution in [0, 0.1) is 25.2 Å². The molecule has 2 aromatic rings. The first-order chi connectivity index (χ1) is 13.4. The minimum absolute atomic E-state index is 0.269. The molecular weight excluding hydrogens is 350 g/mol. The van der Waals surface area contributed by atoms with Gasteiger partial charge in [0.1, 0.15) is 12.4 Å². The Morgan fingerprint density at radius 3 is 2.32 bits per heavy atom. The highest BCUT2D eigenvalue weighted by Gasteiger charge is 2.18. The molecule has 0 spiro atoms. The second-order valence-electron chi connectivity index (χ2n) is 7.03. The molecule has 0 aliphatic heterocycles. The highest BCUT2D eigenvalue weighted by molar-refractivity contribution is 5.66. The van der Waals surface area contributed by atoms with E-state index >= 15 is 0 Å². The van der Waals surface area contributed by atoms with Crippen LogP contribution < -0.4 is 14.7 Å². The number of nitriles is 1. The highest BCUT2D eigenvalue weighted by atomic mass is 15.3. The lowest BCUT2D eigenvalue weighted by molar-refractivity contribution is 0.722. The first-order valence-corrected chi connectivity index (χ1v) is 9.81. The molecule has 0 aliphatic carbocycles. The zero-order valence-corrected chi connectivity index (χ0v) is 17.9. The third kappa shape index (κ3) is 5.10. The van der Waals surface area contributed by atoms with Gasteiger partial charge in [-0.15, -0.1) is 0 Å². The van der Waals surface area contributed by atoms with Crippen molar-refractivity contribution in [2.24, 2.45) is 0 Å². The Bertz CT molecular complexity index is 826. The molecule has 0 unspecified atom stereocenters. The molecule has 7 heteroatoms. The Morgan fingerprint density at radius 1 is 1.04 bits per heavy atom. The van der Waals surface area contributed by atoms with Crippen molar-refractivity contribution in [3.63, 3.8) is 0 Å². The molecule has 0 fully saturated rings. The first-order valence-electron chi connectivity index (χ1n) is 9.81. The fourth-order valence-corrected chi connectivity index (χ4v) is 3.04. The Balaban J connectivity index is 2.44. The summed E-state index contributed by atoms with van der Waals surface area (Å²) >= 11 is 0. The van der Waals surface area contributed by atoms with E-state index in [0.29, 0.717) is 17.7 Å². The van der Waals surface area contributed by atoms with Crippen molar-refractivity contribution in [2.45, 2.75) is 40.5 Å². The standard InChI is InChI=1S/C21H31N7/c1-7-9-13-27(14-12-22)20-23-17(4)24-21(25-20)28(8-2)19-11-10-18(26(5)6)15-16(19)3/h10-11,15H,7-9,13-14H2,1-6H3. The molecule has 1 heterocycles. The Morgan fingerprint density at radius 2 is 1.75 bits per heavy atom. The Hall–Kier alpha value is -2.88. The quantitative estimate of drug-likeness (QED) is 0.611. The summed E-state index contributed by atoms with van der Waals surface area (Å²) in [5.74, 6) is 1.84. The van der Waals surface area contributed by atoms with Crippen LogP contribution in [0.2, 0.25) is 0 Å². The summed E-state index contributed by atoms with van der Waals surface area (Å²) < 4.78 is 0. The van der Waals surface area contributed by atoms with E-state index in [0.717, 1.165) is 42.9 Å². The largest absolute Gasteiger partial charge is 0.378 e. The lowest BCUT2D eigenvalue weighted by Gasteiger charge is -2.26. The SMILES string of the molecule is CCCCN(CC#N)c1nc(C)nc(N(CC)c2ccc(N(C)C)cc2C)n1. The van der Waals surface area contributed by atoms with Crippen molar-refractivity contribution in [1.29, 1.82) is 5.26 Å². The number of aromatic nitrogens is 3. The second kappa shape index (κ2) is 9.88. The van der Waals surface area contributed by atoms with Gasteiger partial charge in [0.15, 0.2) is 0 Å². The summed E-state index contributed by atoms with van der Waals surface area (Å²) in [6, 6.07) is 8.59. The van der Waals surface area contributed by atoms with Gasteiger partial charge < -0.3 is 14.7 Å². The van der Waals surface area contributed by atoms with Crippen LogP contribution in [0.25, 0.3) is 0 Å². The molecule has 28 heavy (non-hydrogen) atoms. The maximum absolute atomic E-state index is 9.20. The summed E-state index contributed by atoms with van der Waals surface area (Å²) in [4.78, 5) is 19.9. The molecule has 0 bridgehead atoms. The van der Waals surface area contributed by atoms with E-state index in [4.69, 9.17) is 4.98 Å².